The molecule has 1 aromatic heterocycles. The van der Waals surface area contributed by atoms with Gasteiger partial charge < -0.3 is 5.11 Å². The van der Waals surface area contributed by atoms with Crippen molar-refractivity contribution in [2.45, 2.75) is 25.8 Å². The molecule has 1 N–H and O–H groups in total. The number of aryl methyl sites for hydroxylation is 1. The van der Waals surface area contributed by atoms with Crippen LogP contribution < -0.4 is 0 Å². The van der Waals surface area contributed by atoms with Crippen LogP contribution in [0.5, 0.6) is 0 Å². The second kappa shape index (κ2) is 6.21. The summed E-state index contributed by atoms with van der Waals surface area (Å²) in [6, 6.07) is 10.3. The summed E-state index contributed by atoms with van der Waals surface area (Å²) in [5, 5.41) is 13.1. The Labute approximate surface area is 102 Å². The van der Waals surface area contributed by atoms with Crippen LogP contribution in [0.3, 0.4) is 0 Å². The van der Waals surface area contributed by atoms with Gasteiger partial charge in [-0.2, -0.15) is 5.10 Å². The fourth-order valence-corrected chi connectivity index (χ4v) is 1.83. The fourth-order valence-electron chi connectivity index (χ4n) is 1.83. The predicted octanol–water partition coefficient (Wildman–Crippen LogP) is 2.25. The number of hydrogen-bond donors (Lipinski definition) is 1. The van der Waals surface area contributed by atoms with Gasteiger partial charge in [-0.15, -0.1) is 0 Å². The van der Waals surface area contributed by atoms with Crippen molar-refractivity contribution in [3.05, 3.63) is 53.9 Å². The van der Waals surface area contributed by atoms with E-state index in [2.05, 4.69) is 23.4 Å². The SMILES string of the molecule is OCCCCc1cnn(Cc2ccccc2)c1. The Morgan fingerprint density at radius 2 is 1.88 bits per heavy atom. The molecule has 0 spiro atoms. The van der Waals surface area contributed by atoms with Crippen LogP contribution in [-0.2, 0) is 13.0 Å². The minimum Gasteiger partial charge on any atom is -0.396 e. The molecule has 2 rings (SSSR count). The quantitative estimate of drug-likeness (QED) is 0.773. The lowest BCUT2D eigenvalue weighted by Crippen LogP contribution is -1.99. The van der Waals surface area contributed by atoms with E-state index in [0.717, 1.165) is 25.8 Å². The number of aromatic nitrogens is 2. The maximum atomic E-state index is 8.72. The van der Waals surface area contributed by atoms with Crippen molar-refractivity contribution in [1.29, 1.82) is 0 Å². The highest BCUT2D eigenvalue weighted by atomic mass is 16.2. The van der Waals surface area contributed by atoms with Crippen molar-refractivity contribution in [2.24, 2.45) is 0 Å². The lowest BCUT2D eigenvalue weighted by atomic mass is 10.1. The molecular formula is C14H18N2O. The van der Waals surface area contributed by atoms with E-state index >= 15 is 0 Å². The smallest absolute Gasteiger partial charge is 0.0659 e. The summed E-state index contributed by atoms with van der Waals surface area (Å²) in [5.41, 5.74) is 2.51. The second-order valence-electron chi connectivity index (χ2n) is 4.21. The van der Waals surface area contributed by atoms with Gasteiger partial charge in [-0.25, -0.2) is 0 Å². The molecule has 1 heterocycles. The summed E-state index contributed by atoms with van der Waals surface area (Å²) < 4.78 is 1.96. The van der Waals surface area contributed by atoms with E-state index in [1.165, 1.54) is 11.1 Å². The van der Waals surface area contributed by atoms with Crippen molar-refractivity contribution >= 4 is 0 Å². The largest absolute Gasteiger partial charge is 0.396 e. The van der Waals surface area contributed by atoms with Crippen molar-refractivity contribution < 1.29 is 5.11 Å². The molecule has 0 saturated heterocycles. The number of aliphatic hydroxyl groups is 1. The molecule has 0 radical (unpaired) electrons. The van der Waals surface area contributed by atoms with Crippen molar-refractivity contribution in [1.82, 2.24) is 9.78 Å². The minimum atomic E-state index is 0.276. The van der Waals surface area contributed by atoms with Crippen molar-refractivity contribution in [3.8, 4) is 0 Å². The van der Waals surface area contributed by atoms with Crippen molar-refractivity contribution in [2.75, 3.05) is 6.61 Å². The highest BCUT2D eigenvalue weighted by Gasteiger charge is 1.99. The lowest BCUT2D eigenvalue weighted by Gasteiger charge is -2.00. The standard InChI is InChI=1S/C14H18N2O/c17-9-5-4-8-14-10-15-16(12-14)11-13-6-2-1-3-7-13/h1-3,6-7,10,12,17H,4-5,8-9,11H2. The summed E-state index contributed by atoms with van der Waals surface area (Å²) in [5.74, 6) is 0. The third kappa shape index (κ3) is 3.71. The maximum Gasteiger partial charge on any atom is 0.0659 e. The Hall–Kier alpha value is -1.61. The average molecular weight is 230 g/mol. The van der Waals surface area contributed by atoms with Gasteiger partial charge in [0.15, 0.2) is 0 Å². The van der Waals surface area contributed by atoms with Crippen LogP contribution in [0.1, 0.15) is 24.0 Å². The zero-order chi connectivity index (χ0) is 11.9. The number of rotatable bonds is 6. The topological polar surface area (TPSA) is 38.1 Å². The molecule has 0 unspecified atom stereocenters. The third-order valence-electron chi connectivity index (χ3n) is 2.75. The van der Waals surface area contributed by atoms with Gasteiger partial charge in [0, 0.05) is 12.8 Å². The molecule has 3 heteroatoms. The highest BCUT2D eigenvalue weighted by molar-refractivity contribution is 5.15. The number of benzene rings is 1. The van der Waals surface area contributed by atoms with Crippen LogP contribution >= 0.6 is 0 Å². The van der Waals surface area contributed by atoms with Gasteiger partial charge in [0.2, 0.25) is 0 Å². The van der Waals surface area contributed by atoms with E-state index in [1.807, 2.05) is 29.1 Å². The zero-order valence-corrected chi connectivity index (χ0v) is 9.92. The Morgan fingerprint density at radius 3 is 2.65 bits per heavy atom. The van der Waals surface area contributed by atoms with E-state index in [0.29, 0.717) is 0 Å². The Bertz CT molecular complexity index is 436. The van der Waals surface area contributed by atoms with Crippen LogP contribution in [-0.4, -0.2) is 21.5 Å². The first-order valence-electron chi connectivity index (χ1n) is 6.04. The second-order valence-corrected chi connectivity index (χ2v) is 4.21. The first kappa shape index (κ1) is 11.9. The monoisotopic (exact) mass is 230 g/mol. The van der Waals surface area contributed by atoms with Gasteiger partial charge in [-0.05, 0) is 30.4 Å². The molecule has 0 fully saturated rings. The van der Waals surface area contributed by atoms with Gasteiger partial charge in [-0.3, -0.25) is 4.68 Å². The lowest BCUT2D eigenvalue weighted by molar-refractivity contribution is 0.284. The molecule has 1 aromatic carbocycles. The van der Waals surface area contributed by atoms with Gasteiger partial charge in [-0.1, -0.05) is 30.3 Å². The van der Waals surface area contributed by atoms with Crippen LogP contribution in [0.25, 0.3) is 0 Å². The summed E-state index contributed by atoms with van der Waals surface area (Å²) in [7, 11) is 0. The molecule has 0 aliphatic heterocycles. The van der Waals surface area contributed by atoms with E-state index in [4.69, 9.17) is 5.11 Å². The molecule has 0 aliphatic rings. The molecule has 0 aliphatic carbocycles. The molecule has 0 bridgehead atoms. The summed E-state index contributed by atoms with van der Waals surface area (Å²) in [6.07, 6.45) is 6.89. The van der Waals surface area contributed by atoms with Crippen LogP contribution in [0.15, 0.2) is 42.7 Å². The Morgan fingerprint density at radius 1 is 1.06 bits per heavy atom. The molecule has 3 nitrogen and oxygen atoms in total. The first-order valence-corrected chi connectivity index (χ1v) is 6.04. The van der Waals surface area contributed by atoms with Gasteiger partial charge in [0.1, 0.15) is 0 Å². The first-order chi connectivity index (χ1) is 8.38. The van der Waals surface area contributed by atoms with Crippen LogP contribution in [0.2, 0.25) is 0 Å². The molecular weight excluding hydrogens is 212 g/mol. The Balaban J connectivity index is 1.90. The Kier molecular flexibility index (Phi) is 4.33. The summed E-state index contributed by atoms with van der Waals surface area (Å²) in [6.45, 7) is 1.10. The number of aliphatic hydroxyl groups excluding tert-OH is 1. The highest BCUT2D eigenvalue weighted by Crippen LogP contribution is 2.06. The third-order valence-corrected chi connectivity index (χ3v) is 2.75. The zero-order valence-electron chi connectivity index (χ0n) is 9.92. The number of hydrogen-bond acceptors (Lipinski definition) is 2. The number of unbranched alkanes of at least 4 members (excludes halogenated alkanes) is 1. The predicted molar refractivity (Wildman–Crippen MR) is 67.8 cm³/mol. The van der Waals surface area contributed by atoms with Gasteiger partial charge in [0.05, 0.1) is 12.7 Å². The molecule has 0 saturated carbocycles. The van der Waals surface area contributed by atoms with E-state index in [9.17, 15) is 0 Å². The van der Waals surface area contributed by atoms with E-state index < -0.39 is 0 Å². The fraction of sp³-hybridized carbons (Fsp3) is 0.357. The van der Waals surface area contributed by atoms with Gasteiger partial charge >= 0.3 is 0 Å². The minimum absolute atomic E-state index is 0.276. The molecule has 17 heavy (non-hydrogen) atoms. The normalized spacial score (nSPS) is 10.6. The van der Waals surface area contributed by atoms with Crippen LogP contribution in [0.4, 0.5) is 0 Å². The van der Waals surface area contributed by atoms with E-state index in [1.54, 1.807) is 0 Å². The molecule has 0 atom stereocenters. The number of nitrogens with zero attached hydrogens (tertiary/aromatic N) is 2. The summed E-state index contributed by atoms with van der Waals surface area (Å²) >= 11 is 0. The van der Waals surface area contributed by atoms with Crippen molar-refractivity contribution in [3.63, 3.8) is 0 Å². The molecule has 0 amide bonds. The van der Waals surface area contributed by atoms with Crippen LogP contribution in [0, 0.1) is 0 Å². The van der Waals surface area contributed by atoms with E-state index in [-0.39, 0.29) is 6.61 Å². The molecule has 2 aromatic rings. The van der Waals surface area contributed by atoms with Gasteiger partial charge in [0.25, 0.3) is 0 Å². The maximum absolute atomic E-state index is 8.72. The molecule has 90 valence electrons. The summed E-state index contributed by atoms with van der Waals surface area (Å²) in [4.78, 5) is 0. The average Bonchev–Trinajstić information content (AvgIpc) is 2.79.